The molecule has 0 fully saturated rings. The number of methoxy groups -OCH3 is 1. The monoisotopic (exact) mass is 348 g/mol. The third-order valence-corrected chi connectivity index (χ3v) is 4.48. The van der Waals surface area contributed by atoms with E-state index in [0.29, 0.717) is 33.8 Å². The predicted molar refractivity (Wildman–Crippen MR) is 98.3 cm³/mol. The molecule has 0 atom stereocenters. The minimum absolute atomic E-state index is 0.104. The van der Waals surface area contributed by atoms with Gasteiger partial charge in [-0.1, -0.05) is 18.7 Å². The lowest BCUT2D eigenvalue weighted by Gasteiger charge is -2.08. The molecule has 1 aromatic heterocycles. The standard InChI is InChI=1S/C20H16N2O4/c1-11-15-10-13(7-8-14(15)20(24)22(11)2)21-19(23)17-9-12-5-4-6-16(25-3)18(12)26-17/h4-10H,1H2,2-3H3,(H,21,23). The van der Waals surface area contributed by atoms with Crippen LogP contribution in [0.25, 0.3) is 16.7 Å². The van der Waals surface area contributed by atoms with Crippen LogP contribution in [-0.4, -0.2) is 30.9 Å². The topological polar surface area (TPSA) is 71.8 Å². The highest BCUT2D eigenvalue weighted by Crippen LogP contribution is 2.33. The van der Waals surface area contributed by atoms with E-state index in [1.807, 2.05) is 12.1 Å². The van der Waals surface area contributed by atoms with Gasteiger partial charge in [-0.2, -0.15) is 0 Å². The fourth-order valence-electron chi connectivity index (χ4n) is 3.03. The van der Waals surface area contributed by atoms with E-state index >= 15 is 0 Å². The van der Waals surface area contributed by atoms with Crippen molar-refractivity contribution >= 4 is 34.2 Å². The van der Waals surface area contributed by atoms with Gasteiger partial charge in [-0.05, 0) is 30.3 Å². The van der Waals surface area contributed by atoms with Crippen molar-refractivity contribution in [2.75, 3.05) is 19.5 Å². The molecule has 1 aliphatic rings. The van der Waals surface area contributed by atoms with Gasteiger partial charge in [0.2, 0.25) is 0 Å². The summed E-state index contributed by atoms with van der Waals surface area (Å²) >= 11 is 0. The smallest absolute Gasteiger partial charge is 0.291 e. The van der Waals surface area contributed by atoms with Crippen LogP contribution < -0.4 is 10.1 Å². The number of nitrogens with zero attached hydrogens (tertiary/aromatic N) is 1. The molecule has 2 heterocycles. The molecule has 2 amide bonds. The Kier molecular flexibility index (Phi) is 3.54. The van der Waals surface area contributed by atoms with Crippen molar-refractivity contribution in [1.82, 2.24) is 4.90 Å². The van der Waals surface area contributed by atoms with E-state index in [0.717, 1.165) is 5.39 Å². The maximum absolute atomic E-state index is 12.5. The number of ether oxygens (including phenoxy) is 1. The fourth-order valence-corrected chi connectivity index (χ4v) is 3.03. The molecule has 0 radical (unpaired) electrons. The molecule has 3 aromatic rings. The van der Waals surface area contributed by atoms with Crippen LogP contribution in [-0.2, 0) is 0 Å². The Bertz CT molecular complexity index is 1080. The highest BCUT2D eigenvalue weighted by molar-refractivity contribution is 6.10. The van der Waals surface area contributed by atoms with Crippen LogP contribution in [0, 0.1) is 0 Å². The van der Waals surface area contributed by atoms with Crippen LogP contribution in [0.2, 0.25) is 0 Å². The Hall–Kier alpha value is -3.54. The van der Waals surface area contributed by atoms with Gasteiger partial charge < -0.3 is 19.4 Å². The number of benzene rings is 2. The quantitative estimate of drug-likeness (QED) is 0.782. The summed E-state index contributed by atoms with van der Waals surface area (Å²) in [5.41, 5.74) is 2.97. The summed E-state index contributed by atoms with van der Waals surface area (Å²) in [6.45, 7) is 3.91. The largest absolute Gasteiger partial charge is 0.493 e. The highest BCUT2D eigenvalue weighted by atomic mass is 16.5. The van der Waals surface area contributed by atoms with Crippen molar-refractivity contribution < 1.29 is 18.7 Å². The van der Waals surface area contributed by atoms with Crippen molar-refractivity contribution in [3.8, 4) is 5.75 Å². The third kappa shape index (κ3) is 2.35. The SMILES string of the molecule is C=C1c2cc(NC(=O)c3cc4cccc(OC)c4o3)ccc2C(=O)N1C. The molecule has 0 saturated heterocycles. The molecular weight excluding hydrogens is 332 g/mol. The first-order valence-corrected chi connectivity index (χ1v) is 7.99. The fraction of sp³-hybridized carbons (Fsp3) is 0.100. The molecule has 6 heteroatoms. The van der Waals surface area contributed by atoms with E-state index in [1.54, 1.807) is 44.5 Å². The molecule has 130 valence electrons. The number of anilines is 1. The van der Waals surface area contributed by atoms with Crippen LogP contribution in [0.5, 0.6) is 5.75 Å². The molecular formula is C20H16N2O4. The van der Waals surface area contributed by atoms with Crippen LogP contribution in [0.1, 0.15) is 26.5 Å². The first-order valence-electron chi connectivity index (χ1n) is 7.99. The van der Waals surface area contributed by atoms with Crippen LogP contribution in [0.15, 0.2) is 53.5 Å². The summed E-state index contributed by atoms with van der Waals surface area (Å²) in [6.07, 6.45) is 0. The van der Waals surface area contributed by atoms with E-state index in [2.05, 4.69) is 11.9 Å². The number of para-hydroxylation sites is 1. The molecule has 4 rings (SSSR count). The van der Waals surface area contributed by atoms with Gasteiger partial charge >= 0.3 is 0 Å². The lowest BCUT2D eigenvalue weighted by atomic mass is 10.1. The first-order chi connectivity index (χ1) is 12.5. The summed E-state index contributed by atoms with van der Waals surface area (Å²) in [5.74, 6) is 0.257. The van der Waals surface area contributed by atoms with Gasteiger partial charge in [0, 0.05) is 34.9 Å². The van der Waals surface area contributed by atoms with Gasteiger partial charge in [-0.15, -0.1) is 0 Å². The molecule has 0 bridgehead atoms. The van der Waals surface area contributed by atoms with Gasteiger partial charge in [0.1, 0.15) is 0 Å². The Morgan fingerprint density at radius 1 is 1.19 bits per heavy atom. The van der Waals surface area contributed by atoms with E-state index in [9.17, 15) is 9.59 Å². The van der Waals surface area contributed by atoms with E-state index in [1.165, 1.54) is 4.90 Å². The van der Waals surface area contributed by atoms with E-state index in [4.69, 9.17) is 9.15 Å². The number of rotatable bonds is 3. The second-order valence-corrected chi connectivity index (χ2v) is 6.01. The zero-order valence-corrected chi connectivity index (χ0v) is 14.3. The second kappa shape index (κ2) is 5.77. The molecule has 2 aromatic carbocycles. The zero-order valence-electron chi connectivity index (χ0n) is 14.3. The Morgan fingerprint density at radius 3 is 2.77 bits per heavy atom. The van der Waals surface area contributed by atoms with Gasteiger partial charge in [0.25, 0.3) is 11.8 Å². The number of hydrogen-bond acceptors (Lipinski definition) is 4. The second-order valence-electron chi connectivity index (χ2n) is 6.01. The summed E-state index contributed by atoms with van der Waals surface area (Å²) in [7, 11) is 3.22. The van der Waals surface area contributed by atoms with Crippen LogP contribution >= 0.6 is 0 Å². The van der Waals surface area contributed by atoms with E-state index < -0.39 is 0 Å². The first kappa shape index (κ1) is 16.0. The lowest BCUT2D eigenvalue weighted by Crippen LogP contribution is -2.16. The molecule has 0 aliphatic carbocycles. The average molecular weight is 348 g/mol. The number of carbonyl (C=O) groups is 2. The summed E-state index contributed by atoms with van der Waals surface area (Å²) in [4.78, 5) is 26.1. The van der Waals surface area contributed by atoms with Gasteiger partial charge in [0.15, 0.2) is 17.1 Å². The number of nitrogens with one attached hydrogen (secondary N) is 1. The average Bonchev–Trinajstić information content (AvgIpc) is 3.18. The molecule has 26 heavy (non-hydrogen) atoms. The molecule has 6 nitrogen and oxygen atoms in total. The molecule has 0 unspecified atom stereocenters. The molecule has 1 aliphatic heterocycles. The molecule has 0 spiro atoms. The van der Waals surface area contributed by atoms with Crippen molar-refractivity contribution in [3.05, 3.63) is 65.9 Å². The predicted octanol–water partition coefficient (Wildman–Crippen LogP) is 3.75. The minimum Gasteiger partial charge on any atom is -0.493 e. The number of hydrogen-bond donors (Lipinski definition) is 1. The van der Waals surface area contributed by atoms with Crippen LogP contribution in [0.3, 0.4) is 0 Å². The van der Waals surface area contributed by atoms with Crippen molar-refractivity contribution in [3.63, 3.8) is 0 Å². The highest BCUT2D eigenvalue weighted by Gasteiger charge is 2.28. The van der Waals surface area contributed by atoms with Gasteiger partial charge in [-0.3, -0.25) is 9.59 Å². The number of furan rings is 1. The van der Waals surface area contributed by atoms with Crippen molar-refractivity contribution in [2.24, 2.45) is 0 Å². The van der Waals surface area contributed by atoms with Gasteiger partial charge in [-0.25, -0.2) is 0 Å². The van der Waals surface area contributed by atoms with E-state index in [-0.39, 0.29) is 17.6 Å². The Balaban J connectivity index is 1.64. The number of fused-ring (bicyclic) bond motifs is 2. The minimum atomic E-state index is -0.383. The zero-order chi connectivity index (χ0) is 18.4. The summed E-state index contributed by atoms with van der Waals surface area (Å²) in [6, 6.07) is 12.2. The van der Waals surface area contributed by atoms with Gasteiger partial charge in [0.05, 0.1) is 7.11 Å². The van der Waals surface area contributed by atoms with Crippen molar-refractivity contribution in [2.45, 2.75) is 0 Å². The number of carbonyl (C=O) groups excluding carboxylic acids is 2. The lowest BCUT2D eigenvalue weighted by molar-refractivity contribution is 0.0874. The normalized spacial score (nSPS) is 13.2. The Morgan fingerprint density at radius 2 is 2.00 bits per heavy atom. The molecule has 1 N–H and O–H groups in total. The number of amides is 2. The van der Waals surface area contributed by atoms with Crippen molar-refractivity contribution in [1.29, 1.82) is 0 Å². The van der Waals surface area contributed by atoms with Crippen LogP contribution in [0.4, 0.5) is 5.69 Å². The maximum Gasteiger partial charge on any atom is 0.291 e. The Labute approximate surface area is 149 Å². The summed E-state index contributed by atoms with van der Waals surface area (Å²) < 4.78 is 10.9. The summed E-state index contributed by atoms with van der Waals surface area (Å²) in [5, 5.41) is 3.57. The third-order valence-electron chi connectivity index (χ3n) is 4.48. The maximum atomic E-state index is 12.5. The molecule has 0 saturated carbocycles.